The fourth-order valence-electron chi connectivity index (χ4n) is 2.75. The lowest BCUT2D eigenvalue weighted by Gasteiger charge is -2.12. The van der Waals surface area contributed by atoms with Crippen LogP contribution in [-0.2, 0) is 19.5 Å². The van der Waals surface area contributed by atoms with Gasteiger partial charge in [-0.1, -0.05) is 0 Å². The first-order chi connectivity index (χ1) is 13.9. The highest BCUT2D eigenvalue weighted by molar-refractivity contribution is 7.89. The fourth-order valence-corrected chi connectivity index (χ4v) is 3.27. The van der Waals surface area contributed by atoms with E-state index >= 15 is 0 Å². The summed E-state index contributed by atoms with van der Waals surface area (Å²) in [6.45, 7) is 1.46. The monoisotopic (exact) mass is 421 g/mol. The number of sulfonamides is 1. The molecule has 1 fully saturated rings. The Morgan fingerprint density at radius 1 is 1.00 bits per heavy atom. The van der Waals surface area contributed by atoms with Crippen LogP contribution in [0.3, 0.4) is 0 Å². The van der Waals surface area contributed by atoms with Crippen LogP contribution in [0.15, 0.2) is 53.4 Å². The number of hydrogen-bond acceptors (Lipinski definition) is 7. The molecular formula is C20H23NO7S. The number of ether oxygens (including phenoxy) is 4. The molecule has 1 aliphatic heterocycles. The van der Waals surface area contributed by atoms with Gasteiger partial charge in [0.1, 0.15) is 31.3 Å². The van der Waals surface area contributed by atoms with Crippen LogP contribution in [0.1, 0.15) is 23.2 Å². The smallest absolute Gasteiger partial charge is 0.338 e. The van der Waals surface area contributed by atoms with E-state index in [1.807, 2.05) is 0 Å². The third-order valence-electron chi connectivity index (χ3n) is 4.29. The maximum atomic E-state index is 12.1. The normalized spacial score (nSPS) is 16.4. The predicted octanol–water partition coefficient (Wildman–Crippen LogP) is 2.13. The molecule has 0 amide bonds. The molecule has 1 saturated heterocycles. The van der Waals surface area contributed by atoms with Crippen LogP contribution in [0.5, 0.6) is 11.5 Å². The summed E-state index contributed by atoms with van der Waals surface area (Å²) in [5.74, 6) is 0.647. The lowest BCUT2D eigenvalue weighted by molar-refractivity contribution is 0.0450. The van der Waals surface area contributed by atoms with Crippen molar-refractivity contribution in [2.45, 2.75) is 23.8 Å². The number of primary sulfonamides is 1. The fraction of sp³-hybridized carbons (Fsp3) is 0.350. The molecule has 0 unspecified atom stereocenters. The summed E-state index contributed by atoms with van der Waals surface area (Å²) in [5, 5.41) is 5.03. The van der Waals surface area contributed by atoms with E-state index in [4.69, 9.17) is 24.1 Å². The Morgan fingerprint density at radius 3 is 2.28 bits per heavy atom. The lowest BCUT2D eigenvalue weighted by atomic mass is 10.2. The van der Waals surface area contributed by atoms with Gasteiger partial charge in [-0.05, 0) is 61.4 Å². The van der Waals surface area contributed by atoms with Crippen molar-refractivity contribution in [3.8, 4) is 11.5 Å². The van der Waals surface area contributed by atoms with Crippen LogP contribution in [0.4, 0.5) is 0 Å². The minimum atomic E-state index is -3.74. The molecule has 29 heavy (non-hydrogen) atoms. The van der Waals surface area contributed by atoms with Crippen molar-refractivity contribution in [2.75, 3.05) is 26.4 Å². The van der Waals surface area contributed by atoms with Crippen molar-refractivity contribution in [2.24, 2.45) is 5.14 Å². The molecule has 1 atom stereocenters. The van der Waals surface area contributed by atoms with Gasteiger partial charge >= 0.3 is 5.97 Å². The molecular weight excluding hydrogens is 398 g/mol. The summed E-state index contributed by atoms with van der Waals surface area (Å²) in [4.78, 5) is 12.1. The Balaban J connectivity index is 1.38. The number of esters is 1. The zero-order valence-corrected chi connectivity index (χ0v) is 16.6. The molecule has 0 radical (unpaired) electrons. The molecule has 156 valence electrons. The van der Waals surface area contributed by atoms with Crippen LogP contribution < -0.4 is 14.6 Å². The average Bonchev–Trinajstić information content (AvgIpc) is 3.23. The van der Waals surface area contributed by atoms with E-state index in [0.29, 0.717) is 23.7 Å². The van der Waals surface area contributed by atoms with Crippen molar-refractivity contribution in [1.29, 1.82) is 0 Å². The first-order valence-electron chi connectivity index (χ1n) is 9.19. The minimum Gasteiger partial charge on any atom is -0.491 e. The Labute approximate surface area is 169 Å². The second-order valence-corrected chi connectivity index (χ2v) is 8.03. The highest BCUT2D eigenvalue weighted by Crippen LogP contribution is 2.17. The Kier molecular flexibility index (Phi) is 7.08. The van der Waals surface area contributed by atoms with Gasteiger partial charge in [0.15, 0.2) is 0 Å². The second kappa shape index (κ2) is 9.73. The SMILES string of the molecule is NS(=O)(=O)c1ccc(OCCOC(=O)c2ccc(OC[C@H]3CCCO3)cc2)cc1. The van der Waals surface area contributed by atoms with Crippen LogP contribution in [0.25, 0.3) is 0 Å². The predicted molar refractivity (Wildman–Crippen MR) is 105 cm³/mol. The standard InChI is InChI=1S/C20H23NO7S/c21-29(23,24)19-9-7-16(8-10-19)26-12-13-27-20(22)15-3-5-17(6-4-15)28-14-18-2-1-11-25-18/h3-10,18H,1-2,11-14H2,(H2,21,23,24)/t18-/m1/s1. The number of carbonyl (C=O) groups is 1. The second-order valence-electron chi connectivity index (χ2n) is 6.47. The highest BCUT2D eigenvalue weighted by Gasteiger charge is 2.16. The Hall–Kier alpha value is -2.62. The summed E-state index contributed by atoms with van der Waals surface area (Å²) in [6, 6.07) is 12.4. The molecule has 1 aliphatic rings. The maximum absolute atomic E-state index is 12.1. The van der Waals surface area contributed by atoms with Crippen molar-refractivity contribution in [3.05, 3.63) is 54.1 Å². The minimum absolute atomic E-state index is 0.000488. The quantitative estimate of drug-likeness (QED) is 0.487. The van der Waals surface area contributed by atoms with Gasteiger partial charge < -0.3 is 18.9 Å². The molecule has 1 heterocycles. The molecule has 2 N–H and O–H groups in total. The maximum Gasteiger partial charge on any atom is 0.338 e. The van der Waals surface area contributed by atoms with Crippen LogP contribution in [0.2, 0.25) is 0 Å². The van der Waals surface area contributed by atoms with Gasteiger partial charge in [0.05, 0.1) is 16.6 Å². The summed E-state index contributed by atoms with van der Waals surface area (Å²) in [6.07, 6.45) is 2.20. The van der Waals surface area contributed by atoms with Gasteiger partial charge in [-0.3, -0.25) is 0 Å². The summed E-state index contributed by atoms with van der Waals surface area (Å²) >= 11 is 0. The van der Waals surface area contributed by atoms with Gasteiger partial charge in [-0.25, -0.2) is 18.4 Å². The van der Waals surface area contributed by atoms with Crippen LogP contribution in [-0.4, -0.2) is 46.9 Å². The summed E-state index contributed by atoms with van der Waals surface area (Å²) < 4.78 is 44.1. The van der Waals surface area contributed by atoms with E-state index in [9.17, 15) is 13.2 Å². The molecule has 0 spiro atoms. The first kappa shape index (κ1) is 21.1. The molecule has 9 heteroatoms. The number of carbonyl (C=O) groups excluding carboxylic acids is 1. The van der Waals surface area contributed by atoms with E-state index in [0.717, 1.165) is 19.4 Å². The molecule has 0 aromatic heterocycles. The van der Waals surface area contributed by atoms with Gasteiger partial charge in [0, 0.05) is 6.61 Å². The first-order valence-corrected chi connectivity index (χ1v) is 10.7. The van der Waals surface area contributed by atoms with E-state index in [2.05, 4.69) is 0 Å². The average molecular weight is 421 g/mol. The third-order valence-corrected chi connectivity index (χ3v) is 5.22. The van der Waals surface area contributed by atoms with Gasteiger partial charge in [0.2, 0.25) is 10.0 Å². The van der Waals surface area contributed by atoms with Crippen molar-refractivity contribution in [3.63, 3.8) is 0 Å². The largest absolute Gasteiger partial charge is 0.491 e. The molecule has 2 aromatic rings. The molecule has 0 bridgehead atoms. The third kappa shape index (κ3) is 6.45. The van der Waals surface area contributed by atoms with Crippen molar-refractivity contribution >= 4 is 16.0 Å². The number of benzene rings is 2. The Bertz CT molecular complexity index is 905. The zero-order chi connectivity index (χ0) is 20.7. The topological polar surface area (TPSA) is 114 Å². The van der Waals surface area contributed by atoms with Gasteiger partial charge in [-0.2, -0.15) is 0 Å². The van der Waals surface area contributed by atoms with Gasteiger partial charge in [0.25, 0.3) is 0 Å². The Morgan fingerprint density at radius 2 is 1.66 bits per heavy atom. The number of rotatable bonds is 9. The zero-order valence-electron chi connectivity index (χ0n) is 15.8. The number of hydrogen-bond donors (Lipinski definition) is 1. The summed E-state index contributed by atoms with van der Waals surface area (Å²) in [5.41, 5.74) is 0.409. The molecule has 0 saturated carbocycles. The molecule has 8 nitrogen and oxygen atoms in total. The lowest BCUT2D eigenvalue weighted by Crippen LogP contribution is -2.16. The molecule has 3 rings (SSSR count). The van der Waals surface area contributed by atoms with E-state index in [-0.39, 0.29) is 24.2 Å². The van der Waals surface area contributed by atoms with Crippen molar-refractivity contribution < 1.29 is 32.2 Å². The van der Waals surface area contributed by atoms with Gasteiger partial charge in [-0.15, -0.1) is 0 Å². The van der Waals surface area contributed by atoms with Crippen LogP contribution in [0, 0.1) is 0 Å². The van der Waals surface area contributed by atoms with E-state index < -0.39 is 16.0 Å². The number of nitrogens with two attached hydrogens (primary N) is 1. The van der Waals surface area contributed by atoms with Crippen molar-refractivity contribution in [1.82, 2.24) is 0 Å². The molecule has 0 aliphatic carbocycles. The molecule has 2 aromatic carbocycles. The highest BCUT2D eigenvalue weighted by atomic mass is 32.2. The van der Waals surface area contributed by atoms with E-state index in [1.54, 1.807) is 24.3 Å². The van der Waals surface area contributed by atoms with Crippen LogP contribution >= 0.6 is 0 Å². The summed E-state index contributed by atoms with van der Waals surface area (Å²) in [7, 11) is -3.74. The van der Waals surface area contributed by atoms with E-state index in [1.165, 1.54) is 24.3 Å².